The predicted molar refractivity (Wildman–Crippen MR) is 159 cm³/mol. The van der Waals surface area contributed by atoms with Crippen LogP contribution in [-0.2, 0) is 25.8 Å². The molecule has 3 aromatic carbocycles. The first-order chi connectivity index (χ1) is 16.5. The summed E-state index contributed by atoms with van der Waals surface area (Å²) in [6.45, 7) is 17.2. The van der Waals surface area contributed by atoms with E-state index in [0.717, 1.165) is 23.0 Å². The van der Waals surface area contributed by atoms with E-state index in [4.69, 9.17) is 5.32 Å². The van der Waals surface area contributed by atoms with Gasteiger partial charge in [-0.3, -0.25) is 4.58 Å². The molecule has 192 valence electrons. The Morgan fingerprint density at radius 1 is 0.865 bits per heavy atom. The molecule has 0 aliphatic carbocycles. The van der Waals surface area contributed by atoms with Crippen molar-refractivity contribution in [1.82, 2.24) is 0 Å². The zero-order chi connectivity index (χ0) is 24.7. The van der Waals surface area contributed by atoms with Gasteiger partial charge >= 0.3 is 25.8 Å². The Hall–Kier alpha value is -2.65. The van der Waals surface area contributed by atoms with Crippen molar-refractivity contribution in [2.45, 2.75) is 53.5 Å². The molecule has 0 saturated carbocycles. The molecule has 0 amide bonds. The maximum Gasteiger partial charge on any atom is 4.00 e. The van der Waals surface area contributed by atoms with Crippen molar-refractivity contribution in [3.8, 4) is 0 Å². The third-order valence-corrected chi connectivity index (χ3v) is 6.02. The number of hydrogen-bond donors (Lipinski definition) is 0. The zero-order valence-corrected chi connectivity index (χ0v) is 27.4. The van der Waals surface area contributed by atoms with E-state index in [2.05, 4.69) is 107 Å². The number of para-hydroxylation sites is 1. The number of allylic oxidation sites excluding steroid dienone is 2. The van der Waals surface area contributed by atoms with E-state index in [1.165, 1.54) is 22.3 Å². The first-order valence-electron chi connectivity index (χ1n) is 12.2. The van der Waals surface area contributed by atoms with Crippen LogP contribution >= 0.6 is 0 Å². The summed E-state index contributed by atoms with van der Waals surface area (Å²) < 4.78 is 2.01. The fraction of sp³-hybridized carbons (Fsp3) is 0.235. The zero-order valence-electron chi connectivity index (χ0n) is 23.8. The van der Waals surface area contributed by atoms with Gasteiger partial charge in [0.1, 0.15) is 5.70 Å². The van der Waals surface area contributed by atoms with Crippen LogP contribution in [-0.4, -0.2) is 11.3 Å². The van der Waals surface area contributed by atoms with Crippen LogP contribution in [0, 0.1) is 40.8 Å². The monoisotopic (exact) mass is 658 g/mol. The van der Waals surface area contributed by atoms with Crippen molar-refractivity contribution >= 4 is 18.1 Å². The van der Waals surface area contributed by atoms with Crippen molar-refractivity contribution < 1.29 is 30.4 Å². The Morgan fingerprint density at radius 2 is 1.49 bits per heavy atom. The summed E-state index contributed by atoms with van der Waals surface area (Å²) in [6, 6.07) is 27.2. The van der Waals surface area contributed by atoms with Gasteiger partial charge in [-0.2, -0.15) is 0 Å². The van der Waals surface area contributed by atoms with Gasteiger partial charge in [0, 0.05) is 0 Å². The Labute approximate surface area is 246 Å². The van der Waals surface area contributed by atoms with Gasteiger partial charge in [-0.1, -0.05) is 105 Å². The maximum atomic E-state index is 5.41. The first kappa shape index (κ1) is 34.4. The number of rotatable bonds is 6. The van der Waals surface area contributed by atoms with E-state index >= 15 is 0 Å². The third kappa shape index (κ3) is 7.92. The Bertz CT molecular complexity index is 1180. The predicted octanol–water partition coefficient (Wildman–Crippen LogP) is 9.75. The van der Waals surface area contributed by atoms with Crippen LogP contribution in [0.25, 0.3) is 11.0 Å². The molecule has 0 spiro atoms. The minimum Gasteiger partial charge on any atom is -0.677 e. The first-order valence-corrected chi connectivity index (χ1v) is 12.2. The molecule has 4 rings (SSSR count). The van der Waals surface area contributed by atoms with Crippen LogP contribution in [0.1, 0.15) is 67.5 Å². The van der Waals surface area contributed by atoms with Crippen LogP contribution in [0.5, 0.6) is 0 Å². The van der Waals surface area contributed by atoms with Gasteiger partial charge in [0.05, 0.1) is 12.8 Å². The molecule has 2 nitrogen and oxygen atoms in total. The average Bonchev–Trinajstić information content (AvgIpc) is 2.86. The van der Waals surface area contributed by atoms with E-state index in [1.807, 2.05) is 36.6 Å². The summed E-state index contributed by atoms with van der Waals surface area (Å²) in [5, 5.41) is 5.41. The van der Waals surface area contributed by atoms with Gasteiger partial charge < -0.3 is 20.2 Å². The van der Waals surface area contributed by atoms with E-state index in [-0.39, 0.29) is 46.7 Å². The van der Waals surface area contributed by atoms with Gasteiger partial charge in [0.15, 0.2) is 0 Å². The number of nitrogens with zero attached hydrogens (tertiary/aromatic N) is 2. The summed E-state index contributed by atoms with van der Waals surface area (Å²) in [7, 11) is 0. The average molecular weight is 657 g/mol. The molecule has 0 radical (unpaired) electrons. The standard InChI is InChI=1S/C30H30N2.C2H6.2CH3.Hf/c1-21(2)25-18-11-14-23(4)29(25)31-30(26-17-10-9-13-22(26)3)28-20-12-19-27(32(28)5)24-15-7-6-8-16-24;1-2;;;/h6-15,17-21,30H,5H2,1-4H3;1-2H3;2*1H3;/q-2;;2*-1;+4. The molecule has 37 heavy (non-hydrogen) atoms. The van der Waals surface area contributed by atoms with Gasteiger partial charge in [-0.05, 0) is 31.4 Å². The van der Waals surface area contributed by atoms with Crippen LogP contribution < -0.4 is 0 Å². The Morgan fingerprint density at radius 3 is 2.11 bits per heavy atom. The van der Waals surface area contributed by atoms with Crippen LogP contribution in [0.3, 0.4) is 0 Å². The van der Waals surface area contributed by atoms with Crippen molar-refractivity contribution in [2.24, 2.45) is 0 Å². The quantitative estimate of drug-likeness (QED) is 0.143. The normalized spacial score (nSPS) is 12.7. The molecule has 1 aliphatic rings. The van der Waals surface area contributed by atoms with E-state index in [0.29, 0.717) is 5.92 Å². The molecular formula is C34H42HfN2. The molecule has 1 aliphatic heterocycles. The molecule has 0 fully saturated rings. The van der Waals surface area contributed by atoms with Gasteiger partial charge in [-0.15, -0.1) is 42.1 Å². The number of hydrogen-bond acceptors (Lipinski definition) is 0. The second kappa shape index (κ2) is 16.2. The third-order valence-electron chi connectivity index (χ3n) is 6.02. The SMILES string of the molecule is C=[N+]1C(c2[c-]cccc2)=CC=C[C-]1C([N-]c1c(C)cccc1C(C)C)c1ccccc1C.CC.[CH3-].[CH3-].[Hf+4]. The molecule has 3 aromatic rings. The molecule has 1 heterocycles. The largest absolute Gasteiger partial charge is 4.00 e. The molecular weight excluding hydrogens is 615 g/mol. The summed E-state index contributed by atoms with van der Waals surface area (Å²) >= 11 is 0. The summed E-state index contributed by atoms with van der Waals surface area (Å²) in [5.41, 5.74) is 7.99. The smallest absolute Gasteiger partial charge is 0.677 e. The van der Waals surface area contributed by atoms with Gasteiger partial charge in [0.2, 0.25) is 0 Å². The van der Waals surface area contributed by atoms with E-state index in [9.17, 15) is 0 Å². The van der Waals surface area contributed by atoms with Crippen LogP contribution in [0.15, 0.2) is 85.0 Å². The number of benzene rings is 3. The number of aryl methyl sites for hydroxylation is 2. The maximum absolute atomic E-state index is 5.41. The fourth-order valence-corrected chi connectivity index (χ4v) is 4.23. The second-order valence-corrected chi connectivity index (χ2v) is 8.60. The summed E-state index contributed by atoms with van der Waals surface area (Å²) in [4.78, 5) is 0. The molecule has 1 unspecified atom stereocenters. The minimum atomic E-state index is -0.170. The molecule has 0 saturated heterocycles. The molecule has 0 aromatic heterocycles. The summed E-state index contributed by atoms with van der Waals surface area (Å²) in [5.74, 6) is 0.392. The van der Waals surface area contributed by atoms with Gasteiger partial charge in [-0.25, -0.2) is 0 Å². The van der Waals surface area contributed by atoms with Crippen molar-refractivity contribution in [2.75, 3.05) is 0 Å². The molecule has 3 heteroatoms. The van der Waals surface area contributed by atoms with Crippen LogP contribution in [0.2, 0.25) is 0 Å². The van der Waals surface area contributed by atoms with Crippen molar-refractivity contribution in [3.05, 3.63) is 145 Å². The van der Waals surface area contributed by atoms with Crippen molar-refractivity contribution in [3.63, 3.8) is 0 Å². The summed E-state index contributed by atoms with van der Waals surface area (Å²) in [6.07, 6.45) is 6.31. The second-order valence-electron chi connectivity index (χ2n) is 8.60. The van der Waals surface area contributed by atoms with E-state index < -0.39 is 0 Å². The Kier molecular flexibility index (Phi) is 15.1. The molecule has 1 atom stereocenters. The van der Waals surface area contributed by atoms with Gasteiger partial charge in [0.25, 0.3) is 0 Å². The fourth-order valence-electron chi connectivity index (χ4n) is 4.23. The van der Waals surface area contributed by atoms with Crippen molar-refractivity contribution in [1.29, 1.82) is 0 Å². The molecule has 0 bridgehead atoms. The van der Waals surface area contributed by atoms with E-state index in [1.54, 1.807) is 0 Å². The minimum absolute atomic E-state index is 0. The Balaban J connectivity index is 0.00000253. The topological polar surface area (TPSA) is 17.1 Å². The molecule has 0 N–H and O–H groups in total. The van der Waals surface area contributed by atoms with Crippen LogP contribution in [0.4, 0.5) is 5.69 Å².